The maximum atomic E-state index is 6.07. The molecule has 2 aliphatic heterocycles. The fourth-order valence-corrected chi connectivity index (χ4v) is 3.78. The summed E-state index contributed by atoms with van der Waals surface area (Å²) in [6, 6.07) is 11.5. The number of nitrogens with two attached hydrogens (primary N) is 1. The Hall–Kier alpha value is -3.81. The molecule has 0 amide bonds. The van der Waals surface area contributed by atoms with Crippen LogP contribution in [0, 0.1) is 0 Å². The van der Waals surface area contributed by atoms with Gasteiger partial charge >= 0.3 is 0 Å². The van der Waals surface area contributed by atoms with Crippen molar-refractivity contribution in [2.45, 2.75) is 12.5 Å². The van der Waals surface area contributed by atoms with Crippen LogP contribution in [-0.4, -0.2) is 36.3 Å². The zero-order chi connectivity index (χ0) is 20.7. The lowest BCUT2D eigenvalue weighted by Crippen LogP contribution is -2.31. The van der Waals surface area contributed by atoms with Crippen LogP contribution in [0.2, 0.25) is 0 Å². The van der Waals surface area contributed by atoms with Crippen LogP contribution in [0.3, 0.4) is 0 Å². The lowest BCUT2D eigenvalue weighted by atomic mass is 9.81. The van der Waals surface area contributed by atoms with Gasteiger partial charge in [-0.25, -0.2) is 15.0 Å². The third-order valence-corrected chi connectivity index (χ3v) is 5.23. The highest BCUT2D eigenvalue weighted by molar-refractivity contribution is 5.77. The predicted molar refractivity (Wildman–Crippen MR) is 110 cm³/mol. The van der Waals surface area contributed by atoms with E-state index in [2.05, 4.69) is 15.0 Å². The van der Waals surface area contributed by atoms with Crippen LogP contribution in [0.25, 0.3) is 11.1 Å². The molecule has 2 aliphatic rings. The zero-order valence-electron chi connectivity index (χ0n) is 16.6. The van der Waals surface area contributed by atoms with E-state index in [1.54, 1.807) is 19.5 Å². The summed E-state index contributed by atoms with van der Waals surface area (Å²) in [6.07, 6.45) is 3.51. The van der Waals surface area contributed by atoms with Gasteiger partial charge in [0.25, 0.3) is 6.02 Å². The van der Waals surface area contributed by atoms with Crippen molar-refractivity contribution >= 4 is 6.02 Å². The van der Waals surface area contributed by atoms with E-state index >= 15 is 0 Å². The van der Waals surface area contributed by atoms with Gasteiger partial charge in [-0.2, -0.15) is 0 Å². The highest BCUT2D eigenvalue weighted by atomic mass is 16.5. The molecule has 8 heteroatoms. The van der Waals surface area contributed by atoms with Crippen LogP contribution in [0.4, 0.5) is 0 Å². The molecule has 3 aromatic rings. The Morgan fingerprint density at radius 1 is 1.07 bits per heavy atom. The number of nitrogens with zero attached hydrogens (tertiary/aromatic N) is 3. The van der Waals surface area contributed by atoms with Crippen molar-refractivity contribution in [2.24, 2.45) is 10.7 Å². The number of amidine groups is 1. The molecule has 8 nitrogen and oxygen atoms in total. The summed E-state index contributed by atoms with van der Waals surface area (Å²) in [4.78, 5) is 13.6. The smallest absolute Gasteiger partial charge is 0.283 e. The van der Waals surface area contributed by atoms with Crippen LogP contribution in [-0.2, 0) is 10.3 Å². The highest BCUT2D eigenvalue weighted by Crippen LogP contribution is 2.51. The average molecular weight is 404 g/mol. The molecule has 0 unspecified atom stereocenters. The Bertz CT molecular complexity index is 1150. The summed E-state index contributed by atoms with van der Waals surface area (Å²) >= 11 is 0. The standard InChI is InChI=1S/C22H20N4O4/c1-3-28-19-7-4-13(10-24-19)14-8-17-20(25-11-14)30-18-6-5-15(27-2)9-16(18)22(17)12-29-21(23)26-22/h4-11H,3,12H2,1-2H3,(H2,23,26)/t22-/m0/s1. The number of ether oxygens (including phenoxy) is 4. The Morgan fingerprint density at radius 3 is 2.63 bits per heavy atom. The van der Waals surface area contributed by atoms with E-state index in [1.807, 2.05) is 43.3 Å². The fourth-order valence-electron chi connectivity index (χ4n) is 3.78. The van der Waals surface area contributed by atoms with Crippen LogP contribution in [0.5, 0.6) is 23.3 Å². The van der Waals surface area contributed by atoms with E-state index in [4.69, 9.17) is 24.7 Å². The van der Waals surface area contributed by atoms with Crippen molar-refractivity contribution in [2.75, 3.05) is 20.3 Å². The molecular formula is C22H20N4O4. The number of benzene rings is 1. The SMILES string of the molecule is CCOc1ccc(-c2cnc3c(c2)[C@]2(COC(N)=N2)c2cc(OC)ccc2O3)cn1. The number of hydrogen-bond donors (Lipinski definition) is 1. The van der Waals surface area contributed by atoms with Gasteiger partial charge in [0.1, 0.15) is 18.1 Å². The average Bonchev–Trinajstić information content (AvgIpc) is 3.17. The number of methoxy groups -OCH3 is 1. The lowest BCUT2D eigenvalue weighted by molar-refractivity contribution is 0.262. The maximum absolute atomic E-state index is 6.07. The minimum Gasteiger partial charge on any atom is -0.497 e. The number of rotatable bonds is 4. The predicted octanol–water partition coefficient (Wildman–Crippen LogP) is 3.25. The van der Waals surface area contributed by atoms with E-state index in [0.717, 1.165) is 22.3 Å². The molecule has 2 N–H and O–H groups in total. The Kier molecular flexibility index (Phi) is 4.20. The molecule has 1 aromatic carbocycles. The molecule has 5 rings (SSSR count). The van der Waals surface area contributed by atoms with Crippen molar-refractivity contribution in [1.29, 1.82) is 0 Å². The number of aliphatic imine (C=N–C) groups is 1. The van der Waals surface area contributed by atoms with Crippen LogP contribution < -0.4 is 19.9 Å². The molecule has 0 aliphatic carbocycles. The summed E-state index contributed by atoms with van der Waals surface area (Å²) in [7, 11) is 1.62. The third kappa shape index (κ3) is 2.80. The van der Waals surface area contributed by atoms with Crippen molar-refractivity contribution < 1.29 is 18.9 Å². The van der Waals surface area contributed by atoms with Gasteiger partial charge in [0.05, 0.1) is 19.3 Å². The largest absolute Gasteiger partial charge is 0.497 e. The van der Waals surface area contributed by atoms with Crippen molar-refractivity contribution in [3.8, 4) is 34.4 Å². The molecule has 1 atom stereocenters. The molecular weight excluding hydrogens is 384 g/mol. The second-order valence-electron chi connectivity index (χ2n) is 6.96. The molecule has 2 aromatic heterocycles. The quantitative estimate of drug-likeness (QED) is 0.712. The molecule has 1 spiro atoms. The fraction of sp³-hybridized carbons (Fsp3) is 0.227. The van der Waals surface area contributed by atoms with Crippen molar-refractivity contribution in [3.63, 3.8) is 0 Å². The number of pyridine rings is 2. The molecule has 0 bridgehead atoms. The topological polar surface area (TPSA) is 101 Å². The van der Waals surface area contributed by atoms with Gasteiger partial charge in [-0.05, 0) is 37.3 Å². The molecule has 0 saturated heterocycles. The van der Waals surface area contributed by atoms with Gasteiger partial charge in [0.2, 0.25) is 11.8 Å². The third-order valence-electron chi connectivity index (χ3n) is 5.23. The highest BCUT2D eigenvalue weighted by Gasteiger charge is 2.48. The van der Waals surface area contributed by atoms with E-state index in [0.29, 0.717) is 29.9 Å². The summed E-state index contributed by atoms with van der Waals surface area (Å²) in [5, 5.41) is 0. The Balaban J connectivity index is 1.64. The van der Waals surface area contributed by atoms with Gasteiger partial charge in [0.15, 0.2) is 5.54 Å². The number of fused-ring (bicyclic) bond motifs is 4. The van der Waals surface area contributed by atoms with E-state index in [-0.39, 0.29) is 12.6 Å². The second kappa shape index (κ2) is 6.91. The molecule has 30 heavy (non-hydrogen) atoms. The van der Waals surface area contributed by atoms with E-state index in [9.17, 15) is 0 Å². The lowest BCUT2D eigenvalue weighted by Gasteiger charge is -2.33. The maximum Gasteiger partial charge on any atom is 0.283 e. The summed E-state index contributed by atoms with van der Waals surface area (Å²) in [5.41, 5.74) is 8.44. The normalized spacial score (nSPS) is 18.7. The minimum absolute atomic E-state index is 0.129. The van der Waals surface area contributed by atoms with Crippen LogP contribution in [0.1, 0.15) is 18.1 Å². The summed E-state index contributed by atoms with van der Waals surface area (Å²) < 4.78 is 22.5. The van der Waals surface area contributed by atoms with E-state index in [1.165, 1.54) is 0 Å². The second-order valence-corrected chi connectivity index (χ2v) is 6.96. The van der Waals surface area contributed by atoms with Gasteiger partial charge in [-0.3, -0.25) is 0 Å². The van der Waals surface area contributed by atoms with Crippen LogP contribution in [0.15, 0.2) is 53.8 Å². The van der Waals surface area contributed by atoms with Crippen molar-refractivity contribution in [1.82, 2.24) is 9.97 Å². The van der Waals surface area contributed by atoms with Gasteiger partial charge in [0, 0.05) is 35.2 Å². The number of aromatic nitrogens is 2. The molecule has 152 valence electrons. The first-order valence-electron chi connectivity index (χ1n) is 9.57. The summed E-state index contributed by atoms with van der Waals surface area (Å²) in [6.45, 7) is 2.74. The van der Waals surface area contributed by atoms with Gasteiger partial charge in [-0.1, -0.05) is 0 Å². The minimum atomic E-state index is -0.858. The molecule has 0 radical (unpaired) electrons. The van der Waals surface area contributed by atoms with Gasteiger partial charge in [-0.15, -0.1) is 0 Å². The first-order valence-corrected chi connectivity index (χ1v) is 9.57. The van der Waals surface area contributed by atoms with Crippen molar-refractivity contribution in [3.05, 3.63) is 59.9 Å². The van der Waals surface area contributed by atoms with E-state index < -0.39 is 5.54 Å². The summed E-state index contributed by atoms with van der Waals surface area (Å²) in [5.74, 6) is 2.39. The zero-order valence-corrected chi connectivity index (χ0v) is 16.6. The van der Waals surface area contributed by atoms with Crippen LogP contribution >= 0.6 is 0 Å². The molecule has 0 fully saturated rings. The monoisotopic (exact) mass is 404 g/mol. The van der Waals surface area contributed by atoms with Gasteiger partial charge < -0.3 is 24.7 Å². The molecule has 4 heterocycles. The first kappa shape index (κ1) is 18.2. The Morgan fingerprint density at radius 2 is 1.93 bits per heavy atom. The first-order chi connectivity index (χ1) is 14.6. The number of hydrogen-bond acceptors (Lipinski definition) is 8. The Labute approximate surface area is 173 Å². The molecule has 0 saturated carbocycles.